The second kappa shape index (κ2) is 5.71. The highest BCUT2D eigenvalue weighted by molar-refractivity contribution is 7.13. The van der Waals surface area contributed by atoms with E-state index in [2.05, 4.69) is 15.3 Å². The van der Waals surface area contributed by atoms with Crippen LogP contribution in [-0.2, 0) is 9.53 Å². The fraction of sp³-hybridized carbons (Fsp3) is 0.0769. The first-order valence-corrected chi connectivity index (χ1v) is 6.80. The number of fused-ring (bicyclic) bond motifs is 1. The lowest BCUT2D eigenvalue weighted by atomic mass is 10.2. The van der Waals surface area contributed by atoms with Gasteiger partial charge in [-0.15, -0.1) is 11.3 Å². The number of anilines is 1. The predicted octanol–water partition coefficient (Wildman–Crippen LogP) is 2.08. The summed E-state index contributed by atoms with van der Waals surface area (Å²) in [7, 11) is 0. The standard InChI is InChI=1S/C13H9N3O4S/c17-11(16-13-14-3-4-21-13)6-19-12(18)8-1-2-9-10(5-8)20-7-15-9/h1-5,7H,6H2,(H,14,16,17). The fourth-order valence-electron chi connectivity index (χ4n) is 1.64. The van der Waals surface area contributed by atoms with Gasteiger partial charge >= 0.3 is 5.97 Å². The Morgan fingerprint density at radius 3 is 3.05 bits per heavy atom. The van der Waals surface area contributed by atoms with Crippen LogP contribution in [0.3, 0.4) is 0 Å². The third-order valence-corrected chi connectivity index (χ3v) is 3.27. The summed E-state index contributed by atoms with van der Waals surface area (Å²) >= 11 is 1.28. The molecule has 0 fully saturated rings. The zero-order chi connectivity index (χ0) is 14.7. The Labute approximate surface area is 122 Å². The molecule has 0 aliphatic heterocycles. The number of carbonyl (C=O) groups is 2. The van der Waals surface area contributed by atoms with E-state index in [9.17, 15) is 9.59 Å². The van der Waals surface area contributed by atoms with Gasteiger partial charge in [-0.25, -0.2) is 14.8 Å². The van der Waals surface area contributed by atoms with Crippen LogP contribution in [0.4, 0.5) is 5.13 Å². The molecule has 0 bridgehead atoms. The summed E-state index contributed by atoms with van der Waals surface area (Å²) in [6, 6.07) is 4.72. The number of esters is 1. The number of aromatic nitrogens is 2. The Morgan fingerprint density at radius 1 is 1.33 bits per heavy atom. The summed E-state index contributed by atoms with van der Waals surface area (Å²) < 4.78 is 10.0. The van der Waals surface area contributed by atoms with E-state index >= 15 is 0 Å². The van der Waals surface area contributed by atoms with Crippen molar-refractivity contribution in [2.24, 2.45) is 0 Å². The molecule has 0 saturated heterocycles. The van der Waals surface area contributed by atoms with Crippen molar-refractivity contribution in [2.75, 3.05) is 11.9 Å². The molecule has 0 atom stereocenters. The highest BCUT2D eigenvalue weighted by atomic mass is 32.1. The summed E-state index contributed by atoms with van der Waals surface area (Å²) in [6.07, 6.45) is 2.86. The molecule has 0 aliphatic rings. The molecule has 1 amide bonds. The molecule has 0 unspecified atom stereocenters. The van der Waals surface area contributed by atoms with Crippen molar-refractivity contribution >= 4 is 39.4 Å². The first-order chi connectivity index (χ1) is 10.2. The number of oxazole rings is 1. The minimum Gasteiger partial charge on any atom is -0.452 e. The number of carbonyl (C=O) groups excluding carboxylic acids is 2. The maximum Gasteiger partial charge on any atom is 0.338 e. The van der Waals surface area contributed by atoms with E-state index in [-0.39, 0.29) is 6.61 Å². The zero-order valence-electron chi connectivity index (χ0n) is 10.6. The Morgan fingerprint density at radius 2 is 2.24 bits per heavy atom. The first kappa shape index (κ1) is 13.3. The van der Waals surface area contributed by atoms with Crippen molar-refractivity contribution in [3.05, 3.63) is 41.7 Å². The molecular formula is C13H9N3O4S. The van der Waals surface area contributed by atoms with E-state index in [1.807, 2.05) is 0 Å². The number of nitrogens with one attached hydrogen (secondary N) is 1. The summed E-state index contributed by atoms with van der Waals surface area (Å²) in [6.45, 7) is -0.382. The van der Waals surface area contributed by atoms with Gasteiger partial charge in [0.15, 0.2) is 23.7 Å². The van der Waals surface area contributed by atoms with Crippen LogP contribution < -0.4 is 5.32 Å². The second-order valence-electron chi connectivity index (χ2n) is 4.00. The summed E-state index contributed by atoms with van der Waals surface area (Å²) in [5.74, 6) is -1.05. The Bertz CT molecular complexity index is 782. The summed E-state index contributed by atoms with van der Waals surface area (Å²) in [5.41, 5.74) is 1.42. The molecule has 0 aliphatic carbocycles. The average Bonchev–Trinajstić information content (AvgIpc) is 3.14. The Kier molecular flexibility index (Phi) is 3.61. The van der Waals surface area contributed by atoms with Crippen LogP contribution in [0.5, 0.6) is 0 Å². The Balaban J connectivity index is 1.59. The SMILES string of the molecule is O=C(COC(=O)c1ccc2ncoc2c1)Nc1nccs1. The van der Waals surface area contributed by atoms with Gasteiger partial charge < -0.3 is 9.15 Å². The average molecular weight is 303 g/mol. The summed E-state index contributed by atoms with van der Waals surface area (Å²) in [5, 5.41) is 4.70. The van der Waals surface area contributed by atoms with Gasteiger partial charge in [-0.3, -0.25) is 10.1 Å². The molecule has 3 rings (SSSR count). The molecule has 21 heavy (non-hydrogen) atoms. The molecule has 7 nitrogen and oxygen atoms in total. The van der Waals surface area contributed by atoms with Gasteiger partial charge in [0, 0.05) is 11.6 Å². The van der Waals surface area contributed by atoms with Crippen molar-refractivity contribution in [1.29, 1.82) is 0 Å². The van der Waals surface area contributed by atoms with Crippen LogP contribution in [0.1, 0.15) is 10.4 Å². The minimum absolute atomic E-state index is 0.293. The number of benzene rings is 1. The van der Waals surface area contributed by atoms with Gasteiger partial charge in [0.1, 0.15) is 5.52 Å². The van der Waals surface area contributed by atoms with E-state index in [1.165, 1.54) is 23.8 Å². The van der Waals surface area contributed by atoms with Crippen molar-refractivity contribution in [3.8, 4) is 0 Å². The van der Waals surface area contributed by atoms with Crippen molar-refractivity contribution < 1.29 is 18.7 Å². The number of hydrogen-bond donors (Lipinski definition) is 1. The van der Waals surface area contributed by atoms with Crippen LogP contribution in [0.2, 0.25) is 0 Å². The maximum atomic E-state index is 11.8. The van der Waals surface area contributed by atoms with Crippen molar-refractivity contribution in [3.63, 3.8) is 0 Å². The van der Waals surface area contributed by atoms with Crippen LogP contribution >= 0.6 is 11.3 Å². The molecule has 3 aromatic rings. The number of thiazole rings is 1. The smallest absolute Gasteiger partial charge is 0.338 e. The van der Waals surface area contributed by atoms with E-state index in [0.717, 1.165) is 0 Å². The first-order valence-electron chi connectivity index (χ1n) is 5.92. The predicted molar refractivity (Wildman–Crippen MR) is 75.0 cm³/mol. The topological polar surface area (TPSA) is 94.3 Å². The molecule has 1 N–H and O–H groups in total. The van der Waals surface area contributed by atoms with Crippen molar-refractivity contribution in [2.45, 2.75) is 0 Å². The number of amides is 1. The largest absolute Gasteiger partial charge is 0.452 e. The summed E-state index contributed by atoms with van der Waals surface area (Å²) in [4.78, 5) is 31.2. The molecule has 0 saturated carbocycles. The number of ether oxygens (including phenoxy) is 1. The van der Waals surface area contributed by atoms with Crippen LogP contribution in [-0.4, -0.2) is 28.5 Å². The lowest BCUT2D eigenvalue weighted by molar-refractivity contribution is -0.119. The molecule has 2 heterocycles. The Hall–Kier alpha value is -2.74. The molecule has 0 radical (unpaired) electrons. The van der Waals surface area contributed by atoms with E-state index < -0.39 is 11.9 Å². The van der Waals surface area contributed by atoms with Crippen LogP contribution in [0.15, 0.2) is 40.6 Å². The van der Waals surface area contributed by atoms with Crippen LogP contribution in [0, 0.1) is 0 Å². The second-order valence-corrected chi connectivity index (χ2v) is 4.89. The van der Waals surface area contributed by atoms with E-state index in [4.69, 9.17) is 9.15 Å². The lowest BCUT2D eigenvalue weighted by Gasteiger charge is -2.04. The van der Waals surface area contributed by atoms with Gasteiger partial charge in [-0.2, -0.15) is 0 Å². The fourth-order valence-corrected chi connectivity index (χ4v) is 2.18. The monoisotopic (exact) mass is 303 g/mol. The molecule has 0 spiro atoms. The minimum atomic E-state index is -0.609. The van der Waals surface area contributed by atoms with E-state index in [1.54, 1.807) is 23.7 Å². The molecule has 8 heteroatoms. The quantitative estimate of drug-likeness (QED) is 0.741. The van der Waals surface area contributed by atoms with Gasteiger partial charge in [-0.05, 0) is 18.2 Å². The third kappa shape index (κ3) is 3.06. The van der Waals surface area contributed by atoms with E-state index in [0.29, 0.717) is 21.8 Å². The number of nitrogens with zero attached hydrogens (tertiary/aromatic N) is 2. The lowest BCUT2D eigenvalue weighted by Crippen LogP contribution is -2.20. The van der Waals surface area contributed by atoms with Crippen molar-refractivity contribution in [1.82, 2.24) is 9.97 Å². The van der Waals surface area contributed by atoms with Crippen LogP contribution in [0.25, 0.3) is 11.1 Å². The van der Waals surface area contributed by atoms with Gasteiger partial charge in [0.2, 0.25) is 0 Å². The molecule has 1 aromatic carbocycles. The van der Waals surface area contributed by atoms with Gasteiger partial charge in [-0.1, -0.05) is 0 Å². The number of hydrogen-bond acceptors (Lipinski definition) is 7. The highest BCUT2D eigenvalue weighted by Gasteiger charge is 2.12. The highest BCUT2D eigenvalue weighted by Crippen LogP contribution is 2.15. The molecule has 106 valence electrons. The third-order valence-electron chi connectivity index (χ3n) is 2.58. The number of rotatable bonds is 4. The normalized spacial score (nSPS) is 10.5. The zero-order valence-corrected chi connectivity index (χ0v) is 11.4. The maximum absolute atomic E-state index is 11.8. The van der Waals surface area contributed by atoms with Gasteiger partial charge in [0.05, 0.1) is 5.56 Å². The molecule has 2 aromatic heterocycles. The van der Waals surface area contributed by atoms with Gasteiger partial charge in [0.25, 0.3) is 5.91 Å². The molecular weight excluding hydrogens is 294 g/mol.